The minimum atomic E-state index is -3.91. The van der Waals surface area contributed by atoms with E-state index in [4.69, 9.17) is 16.3 Å². The van der Waals surface area contributed by atoms with Gasteiger partial charge in [0.05, 0.1) is 5.02 Å². The summed E-state index contributed by atoms with van der Waals surface area (Å²) >= 11 is 5.96. The first-order valence-electron chi connectivity index (χ1n) is 6.92. The van der Waals surface area contributed by atoms with Crippen molar-refractivity contribution in [1.82, 2.24) is 4.31 Å². The highest BCUT2D eigenvalue weighted by molar-refractivity contribution is 7.89. The van der Waals surface area contributed by atoms with Crippen molar-refractivity contribution in [3.63, 3.8) is 0 Å². The molecule has 0 N–H and O–H groups in total. The van der Waals surface area contributed by atoms with Gasteiger partial charge in [0, 0.05) is 13.6 Å². The van der Waals surface area contributed by atoms with Crippen LogP contribution in [-0.2, 0) is 10.0 Å². The van der Waals surface area contributed by atoms with Crippen molar-refractivity contribution in [1.29, 1.82) is 0 Å². The van der Waals surface area contributed by atoms with Gasteiger partial charge in [-0.25, -0.2) is 12.8 Å². The summed E-state index contributed by atoms with van der Waals surface area (Å²) in [6.07, 6.45) is 0. The standard InChI is InChI=1S/C16H17ClFNO3S/c1-12-7-8-14(18)16(11-12)23(20,21)19(2)9-10-22-15-6-4-3-5-13(15)17/h3-8,11H,9-10H2,1-2H3. The van der Waals surface area contributed by atoms with E-state index >= 15 is 0 Å². The maximum Gasteiger partial charge on any atom is 0.245 e. The third-order valence-corrected chi connectivity index (χ3v) is 5.46. The van der Waals surface area contributed by atoms with E-state index in [1.807, 2.05) is 0 Å². The first-order chi connectivity index (χ1) is 10.8. The minimum absolute atomic E-state index is 0.0704. The number of halogens is 2. The second-order valence-electron chi connectivity index (χ2n) is 5.04. The lowest BCUT2D eigenvalue weighted by Crippen LogP contribution is -2.31. The fourth-order valence-electron chi connectivity index (χ4n) is 1.94. The van der Waals surface area contributed by atoms with E-state index in [-0.39, 0.29) is 18.0 Å². The number of para-hydroxylation sites is 1. The fourth-order valence-corrected chi connectivity index (χ4v) is 3.43. The highest BCUT2D eigenvalue weighted by Crippen LogP contribution is 2.23. The first-order valence-corrected chi connectivity index (χ1v) is 8.74. The number of sulfonamides is 1. The maximum absolute atomic E-state index is 13.8. The number of aryl methyl sites for hydroxylation is 1. The van der Waals surface area contributed by atoms with Crippen LogP contribution in [0, 0.1) is 12.7 Å². The molecule has 0 bridgehead atoms. The molecule has 0 amide bonds. The Morgan fingerprint density at radius 1 is 1.22 bits per heavy atom. The van der Waals surface area contributed by atoms with Crippen molar-refractivity contribution in [3.8, 4) is 5.75 Å². The smallest absolute Gasteiger partial charge is 0.245 e. The molecule has 7 heteroatoms. The molecule has 2 rings (SSSR count). The van der Waals surface area contributed by atoms with Gasteiger partial charge >= 0.3 is 0 Å². The summed E-state index contributed by atoms with van der Waals surface area (Å²) in [5, 5.41) is 0.447. The zero-order chi connectivity index (χ0) is 17.0. The van der Waals surface area contributed by atoms with Crippen molar-refractivity contribution in [2.24, 2.45) is 0 Å². The van der Waals surface area contributed by atoms with Crippen molar-refractivity contribution >= 4 is 21.6 Å². The van der Waals surface area contributed by atoms with Crippen LogP contribution in [0.4, 0.5) is 4.39 Å². The molecule has 2 aromatic rings. The molecular weight excluding hydrogens is 341 g/mol. The van der Waals surface area contributed by atoms with Gasteiger partial charge in [-0.15, -0.1) is 0 Å². The van der Waals surface area contributed by atoms with Crippen LogP contribution in [-0.4, -0.2) is 32.9 Å². The molecule has 0 aliphatic rings. The number of hydrogen-bond acceptors (Lipinski definition) is 3. The van der Waals surface area contributed by atoms with Crippen molar-refractivity contribution in [3.05, 3.63) is 58.9 Å². The molecule has 0 fully saturated rings. The Hall–Kier alpha value is -1.63. The summed E-state index contributed by atoms with van der Waals surface area (Å²) in [5.41, 5.74) is 0.672. The van der Waals surface area contributed by atoms with E-state index in [9.17, 15) is 12.8 Å². The van der Waals surface area contributed by atoms with E-state index in [1.165, 1.54) is 19.2 Å². The van der Waals surface area contributed by atoms with Crippen LogP contribution >= 0.6 is 11.6 Å². The molecule has 0 aromatic heterocycles. The number of nitrogens with zero attached hydrogens (tertiary/aromatic N) is 1. The van der Waals surface area contributed by atoms with Gasteiger partial charge in [-0.3, -0.25) is 0 Å². The molecule has 0 saturated carbocycles. The number of benzene rings is 2. The number of ether oxygens (including phenoxy) is 1. The van der Waals surface area contributed by atoms with Crippen LogP contribution in [0.25, 0.3) is 0 Å². The average molecular weight is 358 g/mol. The van der Waals surface area contributed by atoms with Crippen LogP contribution < -0.4 is 4.74 Å². The molecule has 0 radical (unpaired) electrons. The van der Waals surface area contributed by atoms with Gasteiger partial charge in [-0.05, 0) is 36.8 Å². The second kappa shape index (κ2) is 7.29. The topological polar surface area (TPSA) is 46.6 Å². The predicted molar refractivity (Wildman–Crippen MR) is 87.9 cm³/mol. The summed E-state index contributed by atoms with van der Waals surface area (Å²) in [4.78, 5) is -0.335. The largest absolute Gasteiger partial charge is 0.491 e. The lowest BCUT2D eigenvalue weighted by molar-refractivity contribution is 0.286. The van der Waals surface area contributed by atoms with E-state index in [1.54, 1.807) is 31.2 Å². The Morgan fingerprint density at radius 2 is 1.91 bits per heavy atom. The predicted octanol–water partition coefficient (Wildman–Crippen LogP) is 3.49. The van der Waals surface area contributed by atoms with Crippen LogP contribution in [0.5, 0.6) is 5.75 Å². The van der Waals surface area contributed by atoms with E-state index in [0.29, 0.717) is 16.3 Å². The summed E-state index contributed by atoms with van der Waals surface area (Å²) in [6, 6.07) is 10.9. The summed E-state index contributed by atoms with van der Waals surface area (Å²) in [5.74, 6) is -0.295. The molecule has 2 aromatic carbocycles. The fraction of sp³-hybridized carbons (Fsp3) is 0.250. The molecule has 23 heavy (non-hydrogen) atoms. The van der Waals surface area contributed by atoms with Gasteiger partial charge in [0.2, 0.25) is 10.0 Å². The van der Waals surface area contributed by atoms with Crippen LogP contribution in [0.3, 0.4) is 0 Å². The third kappa shape index (κ3) is 4.22. The Kier molecular flexibility index (Phi) is 5.62. The van der Waals surface area contributed by atoms with Crippen molar-refractivity contribution in [2.75, 3.05) is 20.2 Å². The van der Waals surface area contributed by atoms with E-state index < -0.39 is 15.8 Å². The summed E-state index contributed by atoms with van der Waals surface area (Å²) in [7, 11) is -2.53. The lowest BCUT2D eigenvalue weighted by Gasteiger charge is -2.18. The van der Waals surface area contributed by atoms with E-state index in [0.717, 1.165) is 10.4 Å². The van der Waals surface area contributed by atoms with Crippen LogP contribution in [0.2, 0.25) is 5.02 Å². The molecule has 0 aliphatic carbocycles. The van der Waals surface area contributed by atoms with Gasteiger partial charge in [-0.2, -0.15) is 4.31 Å². The number of likely N-dealkylation sites (N-methyl/N-ethyl adjacent to an activating group) is 1. The third-order valence-electron chi connectivity index (χ3n) is 3.28. The van der Waals surface area contributed by atoms with Crippen molar-refractivity contribution in [2.45, 2.75) is 11.8 Å². The monoisotopic (exact) mass is 357 g/mol. The number of rotatable bonds is 6. The molecule has 0 saturated heterocycles. The van der Waals surface area contributed by atoms with E-state index in [2.05, 4.69) is 0 Å². The molecule has 0 unspecified atom stereocenters. The highest BCUT2D eigenvalue weighted by Gasteiger charge is 2.24. The SMILES string of the molecule is Cc1ccc(F)c(S(=O)(=O)N(C)CCOc2ccccc2Cl)c1. The second-order valence-corrected chi connectivity index (χ2v) is 7.46. The molecular formula is C16H17ClFNO3S. The molecule has 124 valence electrons. The van der Waals surface area contributed by atoms with Gasteiger partial charge in [0.1, 0.15) is 23.1 Å². The maximum atomic E-state index is 13.8. The summed E-state index contributed by atoms with van der Waals surface area (Å²) in [6.45, 7) is 1.88. The van der Waals surface area contributed by atoms with Crippen molar-refractivity contribution < 1.29 is 17.5 Å². The molecule has 0 atom stereocenters. The normalized spacial score (nSPS) is 11.7. The Bertz CT molecular complexity index is 796. The highest BCUT2D eigenvalue weighted by atomic mass is 35.5. The van der Waals surface area contributed by atoms with Crippen LogP contribution in [0.1, 0.15) is 5.56 Å². The number of hydrogen-bond donors (Lipinski definition) is 0. The van der Waals surface area contributed by atoms with Gasteiger partial charge in [0.25, 0.3) is 0 Å². The van der Waals surface area contributed by atoms with Gasteiger partial charge in [-0.1, -0.05) is 29.8 Å². The van der Waals surface area contributed by atoms with Gasteiger partial charge < -0.3 is 4.74 Å². The quantitative estimate of drug-likeness (QED) is 0.795. The zero-order valence-corrected chi connectivity index (χ0v) is 14.4. The van der Waals surface area contributed by atoms with Gasteiger partial charge in [0.15, 0.2) is 0 Å². The Balaban J connectivity index is 2.06. The molecule has 4 nitrogen and oxygen atoms in total. The first kappa shape index (κ1) is 17.7. The molecule has 0 aliphatic heterocycles. The average Bonchev–Trinajstić information content (AvgIpc) is 2.51. The molecule has 0 spiro atoms. The Morgan fingerprint density at radius 3 is 2.61 bits per heavy atom. The lowest BCUT2D eigenvalue weighted by atomic mass is 10.2. The zero-order valence-electron chi connectivity index (χ0n) is 12.8. The Labute approximate surface area is 140 Å². The summed E-state index contributed by atoms with van der Waals surface area (Å²) < 4.78 is 45.2. The molecule has 0 heterocycles. The van der Waals surface area contributed by atoms with Crippen LogP contribution in [0.15, 0.2) is 47.4 Å². The minimum Gasteiger partial charge on any atom is -0.491 e.